The number of ether oxygens (including phenoxy) is 1. The molecule has 2 aromatic carbocycles. The van der Waals surface area contributed by atoms with Gasteiger partial charge < -0.3 is 15.4 Å². The number of hydrogen-bond donors (Lipinski definition) is 2. The zero-order valence-electron chi connectivity index (χ0n) is 16.2. The fourth-order valence-electron chi connectivity index (χ4n) is 2.57. The lowest BCUT2D eigenvalue weighted by Crippen LogP contribution is -2.26. The number of rotatable bonds is 8. The van der Waals surface area contributed by atoms with Gasteiger partial charge in [0, 0.05) is 30.1 Å². The normalized spacial score (nSPS) is 11.1. The van der Waals surface area contributed by atoms with Crippen molar-refractivity contribution in [3.8, 4) is 5.75 Å². The highest BCUT2D eigenvalue weighted by Gasteiger charge is 2.19. The SMILES string of the molecule is CCCCN=C(C(=O)Nc1ccc(Cl)cc1OC)c1ccccc1NC(C)=O. The summed E-state index contributed by atoms with van der Waals surface area (Å²) < 4.78 is 5.29. The van der Waals surface area contributed by atoms with E-state index in [0.29, 0.717) is 34.3 Å². The van der Waals surface area contributed by atoms with Crippen molar-refractivity contribution in [3.63, 3.8) is 0 Å². The lowest BCUT2D eigenvalue weighted by molar-refractivity contribution is -0.114. The summed E-state index contributed by atoms with van der Waals surface area (Å²) in [5.41, 5.74) is 1.81. The number of methoxy groups -OCH3 is 1. The van der Waals surface area contributed by atoms with Crippen LogP contribution in [-0.2, 0) is 9.59 Å². The third-order valence-corrected chi connectivity index (χ3v) is 4.14. The molecule has 6 nitrogen and oxygen atoms in total. The van der Waals surface area contributed by atoms with Gasteiger partial charge in [0.05, 0.1) is 18.5 Å². The van der Waals surface area contributed by atoms with Crippen LogP contribution < -0.4 is 15.4 Å². The molecule has 0 heterocycles. The number of benzene rings is 2. The molecule has 2 rings (SSSR count). The van der Waals surface area contributed by atoms with E-state index >= 15 is 0 Å². The summed E-state index contributed by atoms with van der Waals surface area (Å²) in [6, 6.07) is 12.0. The van der Waals surface area contributed by atoms with Crippen molar-refractivity contribution in [2.75, 3.05) is 24.3 Å². The third-order valence-electron chi connectivity index (χ3n) is 3.90. The molecule has 0 aromatic heterocycles. The van der Waals surface area contributed by atoms with Gasteiger partial charge in [0.15, 0.2) is 0 Å². The van der Waals surface area contributed by atoms with Crippen molar-refractivity contribution in [1.82, 2.24) is 0 Å². The summed E-state index contributed by atoms with van der Waals surface area (Å²) in [4.78, 5) is 29.1. The lowest BCUT2D eigenvalue weighted by atomic mass is 10.1. The lowest BCUT2D eigenvalue weighted by Gasteiger charge is -2.14. The van der Waals surface area contributed by atoms with Crippen LogP contribution >= 0.6 is 11.6 Å². The fraction of sp³-hybridized carbons (Fsp3) is 0.286. The molecule has 0 atom stereocenters. The number of nitrogens with one attached hydrogen (secondary N) is 2. The van der Waals surface area contributed by atoms with Crippen LogP contribution in [0.4, 0.5) is 11.4 Å². The topological polar surface area (TPSA) is 79.8 Å². The Labute approximate surface area is 170 Å². The molecular formula is C21H24ClN3O3. The number of anilines is 2. The van der Waals surface area contributed by atoms with Gasteiger partial charge in [-0.05, 0) is 24.6 Å². The maximum atomic E-state index is 13.1. The zero-order chi connectivity index (χ0) is 20.5. The number of amides is 2. The van der Waals surface area contributed by atoms with E-state index in [2.05, 4.69) is 22.5 Å². The van der Waals surface area contributed by atoms with Gasteiger partial charge in [0.2, 0.25) is 5.91 Å². The van der Waals surface area contributed by atoms with E-state index in [1.54, 1.807) is 42.5 Å². The zero-order valence-corrected chi connectivity index (χ0v) is 17.0. The highest BCUT2D eigenvalue weighted by molar-refractivity contribution is 6.50. The van der Waals surface area contributed by atoms with E-state index < -0.39 is 5.91 Å². The van der Waals surface area contributed by atoms with Gasteiger partial charge in [-0.3, -0.25) is 14.6 Å². The molecule has 2 N–H and O–H groups in total. The van der Waals surface area contributed by atoms with Gasteiger partial charge in [-0.1, -0.05) is 43.1 Å². The number of nitrogens with zero attached hydrogens (tertiary/aromatic N) is 1. The first kappa shape index (κ1) is 21.4. The van der Waals surface area contributed by atoms with Crippen LogP contribution in [0.5, 0.6) is 5.75 Å². The summed E-state index contributed by atoms with van der Waals surface area (Å²) in [7, 11) is 1.50. The van der Waals surface area contributed by atoms with E-state index in [4.69, 9.17) is 16.3 Å². The molecule has 2 aromatic rings. The van der Waals surface area contributed by atoms with Gasteiger partial charge in [0.1, 0.15) is 11.5 Å². The van der Waals surface area contributed by atoms with Crippen LogP contribution in [0.15, 0.2) is 47.5 Å². The van der Waals surface area contributed by atoms with E-state index in [0.717, 1.165) is 12.8 Å². The molecule has 0 bridgehead atoms. The van der Waals surface area contributed by atoms with Crippen molar-refractivity contribution < 1.29 is 14.3 Å². The van der Waals surface area contributed by atoms with Gasteiger partial charge >= 0.3 is 0 Å². The molecule has 0 spiro atoms. The molecule has 0 saturated carbocycles. The average Bonchev–Trinajstić information content (AvgIpc) is 2.67. The Morgan fingerprint density at radius 2 is 1.86 bits per heavy atom. The number of hydrogen-bond acceptors (Lipinski definition) is 4. The molecule has 7 heteroatoms. The van der Waals surface area contributed by atoms with Crippen LogP contribution in [0.2, 0.25) is 5.02 Å². The van der Waals surface area contributed by atoms with E-state index in [9.17, 15) is 9.59 Å². The fourth-order valence-corrected chi connectivity index (χ4v) is 2.73. The molecule has 0 fully saturated rings. The van der Waals surface area contributed by atoms with Crippen LogP contribution in [0.25, 0.3) is 0 Å². The number of unbranched alkanes of at least 4 members (excludes halogenated alkanes) is 1. The molecule has 2 amide bonds. The maximum Gasteiger partial charge on any atom is 0.274 e. The van der Waals surface area contributed by atoms with Crippen molar-refractivity contribution in [2.45, 2.75) is 26.7 Å². The first-order valence-corrected chi connectivity index (χ1v) is 9.40. The Balaban J connectivity index is 2.40. The molecule has 28 heavy (non-hydrogen) atoms. The minimum absolute atomic E-state index is 0.222. The standard InChI is InChI=1S/C21H24ClN3O3/c1-4-5-12-23-20(16-8-6-7-9-17(16)24-14(2)26)21(27)25-18-11-10-15(22)13-19(18)28-3/h6-11,13H,4-5,12H2,1-3H3,(H,24,26)(H,25,27). The molecule has 0 aliphatic rings. The second-order valence-corrected chi connectivity index (χ2v) is 6.55. The van der Waals surface area contributed by atoms with Crippen LogP contribution in [0.3, 0.4) is 0 Å². The Morgan fingerprint density at radius 1 is 1.11 bits per heavy atom. The quantitative estimate of drug-likeness (QED) is 0.503. The largest absolute Gasteiger partial charge is 0.495 e. The second-order valence-electron chi connectivity index (χ2n) is 6.11. The van der Waals surface area contributed by atoms with E-state index in [1.165, 1.54) is 14.0 Å². The number of halogens is 1. The molecule has 0 unspecified atom stereocenters. The van der Waals surface area contributed by atoms with E-state index in [1.807, 2.05) is 0 Å². The molecule has 148 valence electrons. The van der Waals surface area contributed by atoms with Crippen molar-refractivity contribution in [3.05, 3.63) is 53.1 Å². The molecular weight excluding hydrogens is 378 g/mol. The van der Waals surface area contributed by atoms with Crippen molar-refractivity contribution in [2.24, 2.45) is 4.99 Å². The number of carbonyl (C=O) groups is 2. The molecule has 0 saturated heterocycles. The maximum absolute atomic E-state index is 13.1. The summed E-state index contributed by atoms with van der Waals surface area (Å²) in [6.45, 7) is 3.98. The predicted octanol–water partition coefficient (Wildman–Crippen LogP) is 4.53. The highest BCUT2D eigenvalue weighted by Crippen LogP contribution is 2.28. The number of para-hydroxylation sites is 1. The van der Waals surface area contributed by atoms with Gasteiger partial charge in [-0.25, -0.2) is 0 Å². The monoisotopic (exact) mass is 401 g/mol. The van der Waals surface area contributed by atoms with Gasteiger partial charge in [0.25, 0.3) is 5.91 Å². The van der Waals surface area contributed by atoms with Gasteiger partial charge in [-0.15, -0.1) is 0 Å². The van der Waals surface area contributed by atoms with Crippen molar-refractivity contribution >= 4 is 40.5 Å². The predicted molar refractivity (Wildman–Crippen MR) is 114 cm³/mol. The minimum atomic E-state index is -0.394. The highest BCUT2D eigenvalue weighted by atomic mass is 35.5. The molecule has 0 aliphatic heterocycles. The summed E-state index contributed by atoms with van der Waals surface area (Å²) >= 11 is 5.99. The summed E-state index contributed by atoms with van der Waals surface area (Å²) in [5, 5.41) is 6.08. The van der Waals surface area contributed by atoms with Crippen LogP contribution in [-0.4, -0.2) is 31.2 Å². The average molecular weight is 402 g/mol. The molecule has 0 radical (unpaired) electrons. The third kappa shape index (κ3) is 5.82. The first-order chi connectivity index (χ1) is 13.5. The van der Waals surface area contributed by atoms with Crippen LogP contribution in [0, 0.1) is 0 Å². The Kier molecular flexibility index (Phi) is 8.02. The van der Waals surface area contributed by atoms with Gasteiger partial charge in [-0.2, -0.15) is 0 Å². The number of carbonyl (C=O) groups excluding carboxylic acids is 2. The summed E-state index contributed by atoms with van der Waals surface area (Å²) in [6.07, 6.45) is 1.81. The minimum Gasteiger partial charge on any atom is -0.495 e. The first-order valence-electron chi connectivity index (χ1n) is 9.02. The smallest absolute Gasteiger partial charge is 0.274 e. The summed E-state index contributed by atoms with van der Waals surface area (Å²) in [5.74, 6) is -0.168. The molecule has 0 aliphatic carbocycles. The Hall–Kier alpha value is -2.86. The van der Waals surface area contributed by atoms with Crippen LogP contribution in [0.1, 0.15) is 32.3 Å². The Bertz CT molecular complexity index is 881. The van der Waals surface area contributed by atoms with Crippen molar-refractivity contribution in [1.29, 1.82) is 0 Å². The Morgan fingerprint density at radius 3 is 2.54 bits per heavy atom. The van der Waals surface area contributed by atoms with E-state index in [-0.39, 0.29) is 11.6 Å². The second kappa shape index (κ2) is 10.5. The number of aliphatic imine (C=N–C) groups is 1.